The van der Waals surface area contributed by atoms with Crippen molar-refractivity contribution < 1.29 is 4.79 Å². The third kappa shape index (κ3) is 20.1. The van der Waals surface area contributed by atoms with Crippen LogP contribution >= 0.6 is 0 Å². The van der Waals surface area contributed by atoms with Gasteiger partial charge in [0.05, 0.1) is 0 Å². The molecule has 6 heteroatoms. The van der Waals surface area contributed by atoms with Crippen LogP contribution in [0, 0.1) is 0 Å². The largest absolute Gasteiger partial charge is 0.322 e. The molecule has 0 radical (unpaired) electrons. The van der Waals surface area contributed by atoms with Crippen LogP contribution in [0.3, 0.4) is 0 Å². The molecule has 63 heavy (non-hydrogen) atoms. The summed E-state index contributed by atoms with van der Waals surface area (Å²) in [5.74, 6) is 0. The maximum atomic E-state index is 13.5. The summed E-state index contributed by atoms with van der Waals surface area (Å²) in [6.07, 6.45) is 13.4. The number of unbranched alkanes of at least 4 members (excludes halogenated alkanes) is 5. The lowest BCUT2D eigenvalue weighted by molar-refractivity contribution is 0.188. The summed E-state index contributed by atoms with van der Waals surface area (Å²) in [6.45, 7) is 21.3. The quantitative estimate of drug-likeness (QED) is 0.0492. The van der Waals surface area contributed by atoms with Crippen molar-refractivity contribution in [1.29, 1.82) is 0 Å². The molecule has 6 nitrogen and oxygen atoms in total. The predicted molar refractivity (Wildman–Crippen MR) is 272 cm³/mol. The topological polar surface area (TPSA) is 50.9 Å². The number of hydrogen-bond acceptors (Lipinski definition) is 4. The summed E-state index contributed by atoms with van der Waals surface area (Å²) in [4.78, 5) is 20.6. The highest BCUT2D eigenvalue weighted by molar-refractivity contribution is 5.89. The van der Waals surface area contributed by atoms with Crippen molar-refractivity contribution in [2.45, 2.75) is 118 Å². The van der Waals surface area contributed by atoms with Crippen LogP contribution in [-0.4, -0.2) is 73.1 Å². The Morgan fingerprint density at radius 1 is 0.429 bits per heavy atom. The first-order chi connectivity index (χ1) is 31.0. The third-order valence-corrected chi connectivity index (χ3v) is 11.7. The normalized spacial score (nSPS) is 11.1. The average Bonchev–Trinajstić information content (AvgIpc) is 3.33. The van der Waals surface area contributed by atoms with Gasteiger partial charge < -0.3 is 25.3 Å². The fraction of sp³-hybridized carbons (Fsp3) is 0.456. The summed E-state index contributed by atoms with van der Waals surface area (Å²) in [5.41, 5.74) is 9.64. The van der Waals surface area contributed by atoms with Gasteiger partial charge in [-0.1, -0.05) is 188 Å². The monoisotopic (exact) mass is 852 g/mol. The second-order valence-electron chi connectivity index (χ2n) is 17.1. The van der Waals surface area contributed by atoms with Gasteiger partial charge in [0, 0.05) is 45.0 Å². The van der Waals surface area contributed by atoms with Crippen molar-refractivity contribution in [3.05, 3.63) is 150 Å². The van der Waals surface area contributed by atoms with Gasteiger partial charge >= 0.3 is 6.03 Å². The number of benzene rings is 5. The first-order valence-electron chi connectivity index (χ1n) is 24.5. The molecule has 2 amide bonds. The van der Waals surface area contributed by atoms with Crippen LogP contribution in [0.4, 0.5) is 10.5 Å². The molecule has 0 saturated heterocycles. The van der Waals surface area contributed by atoms with E-state index in [9.17, 15) is 4.79 Å². The molecule has 0 atom stereocenters. The maximum Gasteiger partial charge on any atom is 0.322 e. The van der Waals surface area contributed by atoms with Crippen LogP contribution in [-0.2, 0) is 19.5 Å². The number of hydrogen-bond donors (Lipinski definition) is 2. The van der Waals surface area contributed by atoms with Gasteiger partial charge in [-0.2, -0.15) is 0 Å². The van der Waals surface area contributed by atoms with Crippen molar-refractivity contribution in [1.82, 2.24) is 20.0 Å². The van der Waals surface area contributed by atoms with Crippen molar-refractivity contribution in [2.24, 2.45) is 0 Å². The molecule has 2 N–H and O–H groups in total. The van der Waals surface area contributed by atoms with E-state index >= 15 is 0 Å². The second kappa shape index (κ2) is 31.2. The molecular formula is C57H81N5O. The van der Waals surface area contributed by atoms with E-state index in [4.69, 9.17) is 0 Å². The molecule has 0 spiro atoms. The molecule has 0 fully saturated rings. The van der Waals surface area contributed by atoms with Crippen molar-refractivity contribution in [2.75, 3.05) is 57.7 Å². The van der Waals surface area contributed by atoms with E-state index in [0.29, 0.717) is 13.1 Å². The number of amides is 2. The van der Waals surface area contributed by atoms with Crippen LogP contribution in [0.5, 0.6) is 0 Å². The zero-order valence-electron chi connectivity index (χ0n) is 39.8. The van der Waals surface area contributed by atoms with E-state index in [1.165, 1.54) is 111 Å². The molecular weight excluding hydrogens is 771 g/mol. The lowest BCUT2D eigenvalue weighted by Crippen LogP contribution is -2.41. The fourth-order valence-corrected chi connectivity index (χ4v) is 7.62. The Morgan fingerprint density at radius 2 is 0.857 bits per heavy atom. The summed E-state index contributed by atoms with van der Waals surface area (Å²) in [6, 6.07) is 46.8. The molecule has 0 saturated carbocycles. The van der Waals surface area contributed by atoms with Crippen molar-refractivity contribution in [3.63, 3.8) is 0 Å². The molecule has 0 aromatic heterocycles. The van der Waals surface area contributed by atoms with Gasteiger partial charge in [-0.15, -0.1) is 0 Å². The zero-order chi connectivity index (χ0) is 44.7. The van der Waals surface area contributed by atoms with E-state index in [2.05, 4.69) is 170 Å². The predicted octanol–water partition coefficient (Wildman–Crippen LogP) is 14.0. The Hall–Kier alpha value is -4.75. The number of carbonyl (C=O) groups excluding carboxylic acids is 1. The van der Waals surface area contributed by atoms with E-state index in [1.54, 1.807) is 0 Å². The molecule has 5 aromatic rings. The number of carbonyl (C=O) groups is 1. The summed E-state index contributed by atoms with van der Waals surface area (Å²) in [7, 11) is 0. The third-order valence-electron chi connectivity index (χ3n) is 11.7. The van der Waals surface area contributed by atoms with E-state index < -0.39 is 0 Å². The molecule has 0 aliphatic rings. The highest BCUT2D eigenvalue weighted by atomic mass is 16.2. The standard InChI is InChI=1S/C34H47N3O.C23H34N2/c1-4-7-13-29-18-22-33(23-19-29)35-34(38)37(27-26-36(24-8-5-2)25-9-6-3)28-30-16-20-32(21-17-30)31-14-11-10-12-15-31;1-3-5-17-25(18-6-4-2)19-16-24-20-21-12-14-23(15-13-21)22-10-8-7-9-11-22/h10-12,14-23H,4-9,13,24-28H2,1-3H3,(H,35,38);7-15,24H,3-6,16-20H2,1-2H3. The lowest BCUT2D eigenvalue weighted by atomic mass is 10.0. The number of rotatable bonds is 28. The molecule has 5 aromatic carbocycles. The first kappa shape index (κ1) is 50.9. The van der Waals surface area contributed by atoms with E-state index in [0.717, 1.165) is 56.9 Å². The maximum absolute atomic E-state index is 13.5. The van der Waals surface area contributed by atoms with Crippen molar-refractivity contribution >= 4 is 11.7 Å². The van der Waals surface area contributed by atoms with Gasteiger partial charge in [0.15, 0.2) is 0 Å². The Kier molecular flexibility index (Phi) is 25.2. The zero-order valence-corrected chi connectivity index (χ0v) is 39.8. The second-order valence-corrected chi connectivity index (χ2v) is 17.1. The van der Waals surface area contributed by atoms with Crippen LogP contribution in [0.15, 0.2) is 133 Å². The van der Waals surface area contributed by atoms with Crippen molar-refractivity contribution in [3.8, 4) is 22.3 Å². The molecule has 340 valence electrons. The fourth-order valence-electron chi connectivity index (χ4n) is 7.62. The van der Waals surface area contributed by atoms with Gasteiger partial charge in [0.2, 0.25) is 0 Å². The summed E-state index contributed by atoms with van der Waals surface area (Å²) >= 11 is 0. The van der Waals surface area contributed by atoms with Crippen LogP contribution < -0.4 is 10.6 Å². The number of nitrogens with zero attached hydrogens (tertiary/aromatic N) is 3. The SMILES string of the molecule is CCCCN(CCCC)CCNCc1ccc(-c2ccccc2)cc1.CCCCc1ccc(NC(=O)N(CCN(CCCC)CCCC)Cc2ccc(-c3ccccc3)cc2)cc1. The lowest BCUT2D eigenvalue weighted by Gasteiger charge is -2.28. The minimum atomic E-state index is -0.0376. The number of aryl methyl sites for hydroxylation is 1. The highest BCUT2D eigenvalue weighted by Gasteiger charge is 2.17. The minimum Gasteiger partial charge on any atom is -0.319 e. The van der Waals surface area contributed by atoms with Crippen LogP contribution in [0.1, 0.15) is 116 Å². The van der Waals surface area contributed by atoms with Gasteiger partial charge in [-0.05, 0) is 116 Å². The number of urea groups is 1. The number of anilines is 1. The molecule has 0 aliphatic carbocycles. The van der Waals surface area contributed by atoms with Gasteiger partial charge in [-0.25, -0.2) is 4.79 Å². The van der Waals surface area contributed by atoms with Gasteiger partial charge in [0.25, 0.3) is 0 Å². The Labute approximate surface area is 383 Å². The number of nitrogens with one attached hydrogen (secondary N) is 2. The van der Waals surface area contributed by atoms with Crippen LogP contribution in [0.2, 0.25) is 0 Å². The first-order valence-corrected chi connectivity index (χ1v) is 24.5. The van der Waals surface area contributed by atoms with Crippen LogP contribution in [0.25, 0.3) is 22.3 Å². The van der Waals surface area contributed by atoms with E-state index in [-0.39, 0.29) is 6.03 Å². The van der Waals surface area contributed by atoms with Gasteiger partial charge in [-0.3, -0.25) is 0 Å². The minimum absolute atomic E-state index is 0.0376. The summed E-state index contributed by atoms with van der Waals surface area (Å²) in [5, 5.41) is 6.76. The smallest absolute Gasteiger partial charge is 0.319 e. The molecule has 5 rings (SSSR count). The Balaban J connectivity index is 0.000000302. The molecule has 0 heterocycles. The average molecular weight is 852 g/mol. The Bertz CT molecular complexity index is 1860. The summed E-state index contributed by atoms with van der Waals surface area (Å²) < 4.78 is 0. The highest BCUT2D eigenvalue weighted by Crippen LogP contribution is 2.21. The van der Waals surface area contributed by atoms with Gasteiger partial charge in [0.1, 0.15) is 0 Å². The molecule has 0 bridgehead atoms. The Morgan fingerprint density at radius 3 is 1.33 bits per heavy atom. The molecule has 0 unspecified atom stereocenters. The molecule has 0 aliphatic heterocycles. The van der Waals surface area contributed by atoms with E-state index in [1.807, 2.05) is 23.1 Å².